The summed E-state index contributed by atoms with van der Waals surface area (Å²) in [7, 11) is -13.7. The van der Waals surface area contributed by atoms with Gasteiger partial charge in [-0.05, 0) is 300 Å². The molecule has 0 radical (unpaired) electrons. The molecule has 17 rings (SSSR count). The molecule has 4 amide bonds. The summed E-state index contributed by atoms with van der Waals surface area (Å²) in [4.78, 5) is 103. The van der Waals surface area contributed by atoms with Gasteiger partial charge in [-0.25, -0.2) is 78.7 Å². The van der Waals surface area contributed by atoms with Crippen LogP contribution in [0.3, 0.4) is 0 Å². The molecule has 145 heavy (non-hydrogen) atoms. The van der Waals surface area contributed by atoms with Gasteiger partial charge in [-0.15, -0.1) is 5.10 Å². The predicted molar refractivity (Wildman–Crippen MR) is 560 cm³/mol. The number of aromatic nitrogens is 9. The van der Waals surface area contributed by atoms with Crippen molar-refractivity contribution < 1.29 is 67.1 Å². The highest BCUT2D eigenvalue weighted by atomic mass is 32.2. The van der Waals surface area contributed by atoms with Crippen LogP contribution in [0.1, 0.15) is 204 Å². The van der Waals surface area contributed by atoms with E-state index in [-0.39, 0.29) is 78.4 Å². The molecule has 1 saturated carbocycles. The minimum atomic E-state index is -4.40. The second kappa shape index (κ2) is 42.7. The lowest BCUT2D eigenvalue weighted by Gasteiger charge is -2.47. The Labute approximate surface area is 848 Å². The molecule has 0 bridgehead atoms. The Morgan fingerprint density at radius 2 is 0.945 bits per heavy atom. The number of nitrogens with zero attached hydrogens (tertiary/aromatic N) is 13. The van der Waals surface area contributed by atoms with Crippen molar-refractivity contribution in [3.8, 4) is 57.0 Å². The van der Waals surface area contributed by atoms with Gasteiger partial charge < -0.3 is 56.0 Å². The molecule has 11 aromatic rings. The number of amides is 4. The van der Waals surface area contributed by atoms with Gasteiger partial charge in [-0.3, -0.25) is 24.0 Å². The molecule has 5 saturated heterocycles. The summed E-state index contributed by atoms with van der Waals surface area (Å²) < 4.78 is 131. The number of aromatic amines is 1. The highest BCUT2D eigenvalue weighted by Gasteiger charge is 2.51. The molecular formula is C104H131N21O16S4. The highest BCUT2D eigenvalue weighted by Crippen LogP contribution is 2.51. The van der Waals surface area contributed by atoms with E-state index in [1.165, 1.54) is 58.8 Å². The number of H-pyrrole nitrogens is 1. The van der Waals surface area contributed by atoms with E-state index in [1.807, 2.05) is 66.8 Å². The second-order valence-corrected chi connectivity index (χ2v) is 47.8. The van der Waals surface area contributed by atoms with Crippen LogP contribution in [0.2, 0.25) is 0 Å². The van der Waals surface area contributed by atoms with Gasteiger partial charge in [0, 0.05) is 115 Å². The van der Waals surface area contributed by atoms with Gasteiger partial charge in [0.15, 0.2) is 10.7 Å². The Bertz CT molecular complexity index is 7290. The van der Waals surface area contributed by atoms with Crippen molar-refractivity contribution >= 4 is 98.8 Å². The topological polar surface area (TPSA) is 503 Å². The molecule has 8 aromatic heterocycles. The molecule has 37 nitrogen and oxygen atoms in total. The minimum absolute atomic E-state index is 0.0810. The van der Waals surface area contributed by atoms with Crippen molar-refractivity contribution in [3.05, 3.63) is 225 Å². The number of pyridine rings is 7. The van der Waals surface area contributed by atoms with Crippen molar-refractivity contribution in [2.45, 2.75) is 212 Å². The molecule has 41 heteroatoms. The molecule has 13 heterocycles. The van der Waals surface area contributed by atoms with E-state index in [9.17, 15) is 57.6 Å². The molecule has 3 aromatic carbocycles. The number of sulfonamides is 3. The smallest absolute Gasteiger partial charge is 0.304 e. The van der Waals surface area contributed by atoms with Gasteiger partial charge in [-0.1, -0.05) is 59.7 Å². The van der Waals surface area contributed by atoms with Gasteiger partial charge in [0.25, 0.3) is 59.3 Å². The monoisotopic (exact) mass is 2060 g/mol. The first-order chi connectivity index (χ1) is 68.2. The highest BCUT2D eigenvalue weighted by molar-refractivity contribution is 7.91. The van der Waals surface area contributed by atoms with Gasteiger partial charge >= 0.3 is 10.2 Å². The SMILES string of the molecule is CC(C)COc1ccn(-c2ccc(C(=O)NS(=O)(=O)c3cccnc3N)c(N3CC(C)CC34CCC4)n2)n1.COc1cc(C)c(-c2ccc(C(=O)NS(=O)(=O)c3cccnc3N)c(N3C[C@@H](C)CC3(C)C)n2)c(C)c1.COc1ccc(C)c(-c2ccc(C(=O)NS(=O)(=O)c3ccc[nH]c3=O)c(N3C[C@@H](C)CC3(C)C)n2)c1.Cc1ccc(-c2ccc(C(=O)NS(=O)(=O)N3CC[C@H](N)C3)c(N3C[C@@H](C)CC3(C)C)n2)cc1C. The first-order valence-electron chi connectivity index (χ1n) is 48.3. The van der Waals surface area contributed by atoms with Gasteiger partial charge in [-0.2, -0.15) is 12.7 Å². The Balaban J connectivity index is 0.000000153. The maximum atomic E-state index is 13.5. The van der Waals surface area contributed by atoms with Crippen LogP contribution in [-0.4, -0.2) is 195 Å². The maximum Gasteiger partial charge on any atom is 0.304 e. The summed E-state index contributed by atoms with van der Waals surface area (Å²) in [6.07, 6.45) is 13.3. The fraction of sp³-hybridized carbons (Fsp3) is 0.423. The fourth-order valence-electron chi connectivity index (χ4n) is 20.4. The van der Waals surface area contributed by atoms with E-state index < -0.39 is 74.4 Å². The van der Waals surface area contributed by atoms with Crippen LogP contribution < -0.4 is 75.5 Å². The Hall–Kier alpha value is -13.5. The number of methoxy groups -OCH3 is 2. The van der Waals surface area contributed by atoms with E-state index in [2.05, 4.69) is 158 Å². The van der Waals surface area contributed by atoms with Crippen LogP contribution in [0.5, 0.6) is 17.4 Å². The second-order valence-electron chi connectivity index (χ2n) is 41.1. The zero-order chi connectivity index (χ0) is 105. The lowest BCUT2D eigenvalue weighted by molar-refractivity contribution is 0.0970. The largest absolute Gasteiger partial charge is 0.497 e. The summed E-state index contributed by atoms with van der Waals surface area (Å²) in [5.41, 5.74) is 26.5. The number of hydrogen-bond acceptors (Lipinski definition) is 30. The zero-order valence-electron chi connectivity index (χ0n) is 85.4. The molecule has 5 aliphatic heterocycles. The van der Waals surface area contributed by atoms with E-state index in [0.717, 1.165) is 114 Å². The van der Waals surface area contributed by atoms with Crippen LogP contribution in [0.25, 0.3) is 39.6 Å². The number of hydrogen-bond donors (Lipinski definition) is 8. The fourth-order valence-corrected chi connectivity index (χ4v) is 24.7. The average Bonchev–Trinajstić information content (AvgIpc) is 1.60. The lowest BCUT2D eigenvalue weighted by atomic mass is 9.73. The van der Waals surface area contributed by atoms with Crippen LogP contribution in [0, 0.1) is 64.2 Å². The third kappa shape index (κ3) is 23.9. The lowest BCUT2D eigenvalue weighted by Crippen LogP contribution is -2.50. The molecule has 6 fully saturated rings. The standard InChI is InChI=1S/C27H33N5O4S.C26H33N7O4S.C26H30N4O5S.C25H35N5O3S/c1-16-14-27(4,5)32(15-16)25-20(26(33)31-37(34,35)22-8-7-11-29-24(22)28)9-10-21(30-25)23-17(2)12-19(36-6)13-18(23)3;1-17(2)16-37-22-9-13-33(30-22)21-8-7-19(24(29-21)32-15-18(3)14-26(32)10-5-11-26)25(34)31-38(35,36)20-6-4-12-28-23(20)27;1-16-14-26(3,4)30(15-16)23-19(24(31)29-36(33,34)22-7-6-12-27-25(22)32)10-11-21(28-23)20-13-18(35-5)9-8-17(20)2;1-16-13-25(4,5)30(14-16)23-21(24(31)28-34(32,33)29-11-10-20(26)15-29)8-9-22(27-23)19-7-6-17(2)18(3)12-19/h7-13,16H,14-15H2,1-6H3,(H2,28,29)(H,31,33);4,6-9,12-13,17-18H,5,10-11,14-16H2,1-3H3,(H2,27,28)(H,31,34);6-13,16H,14-15H2,1-5H3,(H,27,32)(H,29,31);6-9,12,16,20H,10-11,13-15,26H2,1-5H3,(H,28,31)/t16-;;16-;16-,20-/m0.00/s1. The van der Waals surface area contributed by atoms with Crippen molar-refractivity contribution in [2.75, 3.05) is 91.2 Å². The third-order valence-electron chi connectivity index (χ3n) is 27.4. The molecule has 6 aliphatic rings. The van der Waals surface area contributed by atoms with E-state index >= 15 is 0 Å². The normalized spacial score (nSPS) is 18.8. The number of aryl methyl sites for hydroxylation is 5. The van der Waals surface area contributed by atoms with Crippen LogP contribution in [-0.2, 0) is 40.3 Å². The van der Waals surface area contributed by atoms with Crippen LogP contribution >= 0.6 is 0 Å². The van der Waals surface area contributed by atoms with E-state index in [1.54, 1.807) is 79.7 Å². The van der Waals surface area contributed by atoms with Crippen LogP contribution in [0.15, 0.2) is 184 Å². The van der Waals surface area contributed by atoms with Crippen molar-refractivity contribution in [1.82, 2.24) is 67.9 Å². The summed E-state index contributed by atoms with van der Waals surface area (Å²) in [6, 6.07) is 38.7. The number of nitrogens with two attached hydrogens (primary N) is 3. The quantitative estimate of drug-likeness (QED) is 0.0263. The van der Waals surface area contributed by atoms with Gasteiger partial charge in [0.2, 0.25) is 5.88 Å². The Kier molecular flexibility index (Phi) is 31.6. The third-order valence-corrected chi connectivity index (χ3v) is 32.9. The van der Waals surface area contributed by atoms with E-state index in [0.29, 0.717) is 114 Å². The van der Waals surface area contributed by atoms with Gasteiger partial charge in [0.1, 0.15) is 56.2 Å². The van der Waals surface area contributed by atoms with Crippen LogP contribution in [0.4, 0.5) is 34.9 Å². The summed E-state index contributed by atoms with van der Waals surface area (Å²) in [5, 5.41) is 4.49. The number of benzene rings is 3. The number of ether oxygens (including phenoxy) is 3. The first kappa shape index (κ1) is 107. The zero-order valence-corrected chi connectivity index (χ0v) is 88.6. The molecule has 1 unspecified atom stereocenters. The number of carbonyl (C=O) groups is 4. The van der Waals surface area contributed by atoms with Crippen molar-refractivity contribution in [1.29, 1.82) is 0 Å². The number of carbonyl (C=O) groups excluding carboxylic acids is 4. The molecular weight excluding hydrogens is 1930 g/mol. The average molecular weight is 2060 g/mol. The predicted octanol–water partition coefficient (Wildman–Crippen LogP) is 13.8. The number of nitrogens with one attached hydrogen (secondary N) is 5. The maximum absolute atomic E-state index is 13.5. The summed E-state index contributed by atoms with van der Waals surface area (Å²) in [5.74, 6) is 2.66. The molecule has 772 valence electrons. The number of nitrogen functional groups attached to an aromatic ring is 2. The molecule has 5 atom stereocenters. The Morgan fingerprint density at radius 1 is 0.490 bits per heavy atom. The van der Waals surface area contributed by atoms with Crippen molar-refractivity contribution in [3.63, 3.8) is 0 Å². The molecule has 1 spiro atoms. The van der Waals surface area contributed by atoms with Crippen molar-refractivity contribution in [2.24, 2.45) is 35.3 Å². The molecule has 11 N–H and O–H groups in total. The van der Waals surface area contributed by atoms with E-state index in [4.69, 9.17) is 51.3 Å². The minimum Gasteiger partial charge on any atom is -0.497 e. The number of rotatable bonds is 25. The number of anilines is 6. The molecule has 1 aliphatic carbocycles. The van der Waals surface area contributed by atoms with Gasteiger partial charge in [0.05, 0.1) is 60.2 Å². The summed E-state index contributed by atoms with van der Waals surface area (Å²) in [6.45, 7) is 39.3. The first-order valence-corrected chi connectivity index (χ1v) is 54.2. The summed E-state index contributed by atoms with van der Waals surface area (Å²) >= 11 is 0. The Morgan fingerprint density at radius 3 is 1.41 bits per heavy atom.